The van der Waals surface area contributed by atoms with Gasteiger partial charge in [-0.15, -0.1) is 0 Å². The second kappa shape index (κ2) is 11.0. The van der Waals surface area contributed by atoms with Crippen LogP contribution in [0.4, 0.5) is 0 Å². The molecule has 1 aromatic carbocycles. The van der Waals surface area contributed by atoms with Crippen molar-refractivity contribution in [2.45, 2.75) is 51.7 Å². The molecule has 0 amide bonds. The highest BCUT2D eigenvalue weighted by Crippen LogP contribution is 2.23. The number of hydrogen-bond acceptors (Lipinski definition) is 6. The van der Waals surface area contributed by atoms with E-state index in [1.807, 2.05) is 25.1 Å². The van der Waals surface area contributed by atoms with E-state index in [9.17, 15) is 8.42 Å². The molecule has 0 saturated carbocycles. The number of sulfonamides is 1. The topological polar surface area (TPSA) is 85.3 Å². The summed E-state index contributed by atoms with van der Waals surface area (Å²) in [6, 6.07) is 11.9. The van der Waals surface area contributed by atoms with E-state index in [1.165, 1.54) is 5.41 Å². The number of piperidine rings is 1. The van der Waals surface area contributed by atoms with E-state index in [-0.39, 0.29) is 6.10 Å². The van der Waals surface area contributed by atoms with Crippen LogP contribution in [0.2, 0.25) is 0 Å². The summed E-state index contributed by atoms with van der Waals surface area (Å²) in [5.74, 6) is 0.783. The van der Waals surface area contributed by atoms with Crippen molar-refractivity contribution in [1.29, 1.82) is 0 Å². The third kappa shape index (κ3) is 6.43. The number of fused-ring (bicyclic) bond motifs is 1. The first-order valence-corrected chi connectivity index (χ1v) is 12.9. The van der Waals surface area contributed by atoms with Crippen LogP contribution in [0.1, 0.15) is 42.8 Å². The zero-order valence-electron chi connectivity index (χ0n) is 18.9. The van der Waals surface area contributed by atoms with Gasteiger partial charge in [0.15, 0.2) is 0 Å². The fraction of sp³-hybridized carbons (Fsp3) is 0.400. The molecule has 0 spiro atoms. The zero-order chi connectivity index (χ0) is 23.1. The Balaban J connectivity index is 1.24. The van der Waals surface area contributed by atoms with Gasteiger partial charge in [0, 0.05) is 48.4 Å². The second-order valence-electron chi connectivity index (χ2n) is 8.32. The summed E-state index contributed by atoms with van der Waals surface area (Å²) < 4.78 is 33.0. The Morgan fingerprint density at radius 1 is 1.12 bits per heavy atom. The van der Waals surface area contributed by atoms with Gasteiger partial charge in [-0.3, -0.25) is 4.98 Å². The molecule has 1 fully saturated rings. The maximum Gasteiger partial charge on any atom is 0.235 e. The molecule has 1 aliphatic rings. The molecule has 4 rings (SSSR count). The quantitative estimate of drug-likeness (QED) is 0.440. The van der Waals surface area contributed by atoms with E-state index >= 15 is 0 Å². The normalized spacial score (nSPS) is 16.0. The number of para-hydroxylation sites is 1. The van der Waals surface area contributed by atoms with E-state index in [0.717, 1.165) is 40.8 Å². The van der Waals surface area contributed by atoms with Gasteiger partial charge >= 0.3 is 0 Å². The molecule has 8 heteroatoms. The van der Waals surface area contributed by atoms with Crippen LogP contribution < -0.4 is 0 Å². The van der Waals surface area contributed by atoms with Crippen LogP contribution in [0.25, 0.3) is 10.9 Å². The molecule has 1 aliphatic heterocycles. The molecule has 2 aromatic heterocycles. The zero-order valence-corrected chi connectivity index (χ0v) is 19.7. The third-order valence-electron chi connectivity index (χ3n) is 5.82. The van der Waals surface area contributed by atoms with Crippen molar-refractivity contribution in [3.63, 3.8) is 0 Å². The molecule has 174 valence electrons. The Morgan fingerprint density at radius 2 is 1.88 bits per heavy atom. The molecule has 0 atom stereocenters. The summed E-state index contributed by atoms with van der Waals surface area (Å²) in [6.07, 6.45) is 8.84. The first-order valence-electron chi connectivity index (χ1n) is 11.4. The first-order chi connectivity index (χ1) is 16.0. The minimum Gasteiger partial charge on any atom is -0.373 e. The second-order valence-corrected chi connectivity index (χ2v) is 10.1. The summed E-state index contributed by atoms with van der Waals surface area (Å²) in [7, 11) is -3.40. The number of allylic oxidation sites excluding steroid dienone is 1. The fourth-order valence-corrected chi connectivity index (χ4v) is 5.36. The van der Waals surface area contributed by atoms with Gasteiger partial charge in [-0.05, 0) is 56.4 Å². The average molecular weight is 467 g/mol. The molecular formula is C25H30N4O3S. The molecule has 0 bridgehead atoms. The van der Waals surface area contributed by atoms with E-state index in [0.29, 0.717) is 39.0 Å². The standard InChI is InChI=1S/C25H30N4O3S/c1-20-18-21(23-8-4-5-9-24(23)28-20)19-32-22-11-15-29(16-12-22)33(30,31)17-6-2-3-10-25-26-13-7-14-27-25/h4-9,13-14,17-18,22H,2-3,10-12,15-16,19H2,1H3. The number of nitrogens with zero attached hydrogens (tertiary/aromatic N) is 4. The Labute approximate surface area is 195 Å². The Kier molecular flexibility index (Phi) is 7.80. The van der Waals surface area contributed by atoms with Gasteiger partial charge in [-0.1, -0.05) is 24.3 Å². The van der Waals surface area contributed by atoms with Crippen molar-refractivity contribution >= 4 is 20.9 Å². The molecule has 33 heavy (non-hydrogen) atoms. The predicted octanol–water partition coefficient (Wildman–Crippen LogP) is 4.18. The van der Waals surface area contributed by atoms with E-state index in [1.54, 1.807) is 28.8 Å². The maximum absolute atomic E-state index is 12.7. The number of rotatable bonds is 9. The molecular weight excluding hydrogens is 436 g/mol. The highest BCUT2D eigenvalue weighted by Gasteiger charge is 2.26. The SMILES string of the molecule is Cc1cc(COC2CCN(S(=O)(=O)C=CCCCc3ncccn3)CC2)c2ccccc2n1. The number of aromatic nitrogens is 3. The highest BCUT2D eigenvalue weighted by molar-refractivity contribution is 7.92. The molecule has 1 saturated heterocycles. The van der Waals surface area contributed by atoms with Crippen LogP contribution in [0.5, 0.6) is 0 Å². The van der Waals surface area contributed by atoms with Gasteiger partial charge < -0.3 is 4.74 Å². The van der Waals surface area contributed by atoms with Crippen LogP contribution in [0.15, 0.2) is 60.3 Å². The number of hydrogen-bond donors (Lipinski definition) is 0. The van der Waals surface area contributed by atoms with Gasteiger partial charge in [0.1, 0.15) is 5.82 Å². The van der Waals surface area contributed by atoms with Crippen LogP contribution >= 0.6 is 0 Å². The minimum absolute atomic E-state index is 0.0542. The Hall–Kier alpha value is -2.68. The predicted molar refractivity (Wildman–Crippen MR) is 129 cm³/mol. The van der Waals surface area contributed by atoms with Crippen LogP contribution in [0.3, 0.4) is 0 Å². The lowest BCUT2D eigenvalue weighted by Crippen LogP contribution is -2.39. The molecule has 0 aliphatic carbocycles. The van der Waals surface area contributed by atoms with Crippen molar-refractivity contribution in [2.24, 2.45) is 0 Å². The van der Waals surface area contributed by atoms with Crippen molar-refractivity contribution in [3.8, 4) is 0 Å². The number of ether oxygens (including phenoxy) is 1. The van der Waals surface area contributed by atoms with E-state index in [2.05, 4.69) is 27.1 Å². The van der Waals surface area contributed by atoms with Crippen LogP contribution in [-0.2, 0) is 27.8 Å². The number of unbranched alkanes of at least 4 members (excludes halogenated alkanes) is 1. The van der Waals surface area contributed by atoms with Gasteiger partial charge in [0.2, 0.25) is 10.0 Å². The summed E-state index contributed by atoms with van der Waals surface area (Å²) in [5, 5.41) is 2.44. The minimum atomic E-state index is -3.40. The van der Waals surface area contributed by atoms with Crippen molar-refractivity contribution in [2.75, 3.05) is 13.1 Å². The molecule has 3 heterocycles. The lowest BCUT2D eigenvalue weighted by molar-refractivity contribution is 0.0108. The number of benzene rings is 1. The van der Waals surface area contributed by atoms with E-state index in [4.69, 9.17) is 4.74 Å². The largest absolute Gasteiger partial charge is 0.373 e. The van der Waals surface area contributed by atoms with Crippen LogP contribution in [-0.4, -0.2) is 46.9 Å². The molecule has 0 radical (unpaired) electrons. The fourth-order valence-electron chi connectivity index (χ4n) is 4.09. The van der Waals surface area contributed by atoms with Gasteiger partial charge in [-0.2, -0.15) is 4.31 Å². The Morgan fingerprint density at radius 3 is 2.67 bits per heavy atom. The molecule has 0 N–H and O–H groups in total. The first kappa shape index (κ1) is 23.5. The number of pyridine rings is 1. The lowest BCUT2D eigenvalue weighted by atomic mass is 10.1. The number of aryl methyl sites for hydroxylation is 2. The molecule has 7 nitrogen and oxygen atoms in total. The van der Waals surface area contributed by atoms with Crippen molar-refractivity contribution in [1.82, 2.24) is 19.3 Å². The maximum atomic E-state index is 12.7. The highest BCUT2D eigenvalue weighted by atomic mass is 32.2. The van der Waals surface area contributed by atoms with Gasteiger partial charge in [0.25, 0.3) is 0 Å². The molecule has 3 aromatic rings. The summed E-state index contributed by atoms with van der Waals surface area (Å²) >= 11 is 0. The lowest BCUT2D eigenvalue weighted by Gasteiger charge is -2.30. The average Bonchev–Trinajstić information content (AvgIpc) is 2.83. The summed E-state index contributed by atoms with van der Waals surface area (Å²) in [5.41, 5.74) is 3.06. The van der Waals surface area contributed by atoms with Crippen LogP contribution in [0, 0.1) is 6.92 Å². The van der Waals surface area contributed by atoms with Crippen molar-refractivity contribution in [3.05, 3.63) is 77.4 Å². The third-order valence-corrected chi connectivity index (χ3v) is 7.45. The van der Waals surface area contributed by atoms with Gasteiger partial charge in [0.05, 0.1) is 18.2 Å². The van der Waals surface area contributed by atoms with Crippen molar-refractivity contribution < 1.29 is 13.2 Å². The summed E-state index contributed by atoms with van der Waals surface area (Å²) in [6.45, 7) is 3.45. The smallest absolute Gasteiger partial charge is 0.235 e. The van der Waals surface area contributed by atoms with Gasteiger partial charge in [-0.25, -0.2) is 18.4 Å². The molecule has 0 unspecified atom stereocenters. The summed E-state index contributed by atoms with van der Waals surface area (Å²) in [4.78, 5) is 12.9. The van der Waals surface area contributed by atoms with E-state index < -0.39 is 10.0 Å². The Bertz CT molecular complexity index is 1190. The monoisotopic (exact) mass is 466 g/mol.